The zero-order valence-corrected chi connectivity index (χ0v) is 18.5. The van der Waals surface area contributed by atoms with Gasteiger partial charge < -0.3 is 10.1 Å². The average molecular weight is 434 g/mol. The number of nitrogens with one attached hydrogen (secondary N) is 1. The second-order valence-electron chi connectivity index (χ2n) is 7.06. The number of hydrogen-bond donors (Lipinski definition) is 1. The van der Waals surface area contributed by atoms with Crippen LogP contribution in [0, 0.1) is 0 Å². The van der Waals surface area contributed by atoms with E-state index < -0.39 is 11.5 Å². The van der Waals surface area contributed by atoms with Crippen molar-refractivity contribution in [2.24, 2.45) is 0 Å². The van der Waals surface area contributed by atoms with Gasteiger partial charge in [0.25, 0.3) is 11.5 Å². The lowest BCUT2D eigenvalue weighted by atomic mass is 10.0. The molecule has 0 radical (unpaired) electrons. The number of fused-ring (bicyclic) bond motifs is 1. The van der Waals surface area contributed by atoms with Crippen LogP contribution in [0.1, 0.15) is 35.3 Å². The van der Waals surface area contributed by atoms with Crippen LogP contribution in [0.3, 0.4) is 0 Å². The number of nitrogens with zero attached hydrogens (tertiary/aromatic N) is 2. The van der Waals surface area contributed by atoms with E-state index in [0.29, 0.717) is 16.4 Å². The Labute approximate surface area is 184 Å². The van der Waals surface area contributed by atoms with E-state index in [1.54, 1.807) is 7.11 Å². The third kappa shape index (κ3) is 3.84. The van der Waals surface area contributed by atoms with Crippen LogP contribution in [-0.2, 0) is 12.8 Å². The normalized spacial score (nSPS) is 10.9. The van der Waals surface area contributed by atoms with Gasteiger partial charge in [-0.25, -0.2) is 4.98 Å². The zero-order valence-electron chi connectivity index (χ0n) is 17.6. The molecule has 6 nitrogen and oxygen atoms in total. The van der Waals surface area contributed by atoms with Crippen LogP contribution in [0.4, 0.5) is 5.69 Å². The van der Waals surface area contributed by atoms with Gasteiger partial charge in [0, 0.05) is 22.8 Å². The highest BCUT2D eigenvalue weighted by molar-refractivity contribution is 7.15. The van der Waals surface area contributed by atoms with E-state index in [9.17, 15) is 9.59 Å². The van der Waals surface area contributed by atoms with Crippen LogP contribution in [0.2, 0.25) is 0 Å². The summed E-state index contributed by atoms with van der Waals surface area (Å²) >= 11 is 1.35. The van der Waals surface area contributed by atoms with Gasteiger partial charge in [-0.1, -0.05) is 44.2 Å². The standard InChI is InChI=1S/C24H23N3O3S/c1-4-15-8-6-9-16(5-2)21(15)26-22(28)19-13-25-24-27(23(19)29)20(14-31-24)17-10-7-11-18(12-17)30-3/h6-14H,4-5H2,1-3H3,(H,26,28). The van der Waals surface area contributed by atoms with Crippen molar-refractivity contribution in [1.29, 1.82) is 0 Å². The molecule has 1 amide bonds. The lowest BCUT2D eigenvalue weighted by molar-refractivity contribution is 0.102. The van der Waals surface area contributed by atoms with Gasteiger partial charge in [-0.05, 0) is 36.1 Å². The first kappa shape index (κ1) is 20.8. The Hall–Kier alpha value is -3.45. The number of para-hydroxylation sites is 1. The van der Waals surface area contributed by atoms with Crippen LogP contribution in [-0.4, -0.2) is 22.4 Å². The van der Waals surface area contributed by atoms with Gasteiger partial charge in [0.15, 0.2) is 4.96 Å². The zero-order chi connectivity index (χ0) is 22.0. The summed E-state index contributed by atoms with van der Waals surface area (Å²) in [5.41, 5.74) is 3.96. The number of anilines is 1. The van der Waals surface area contributed by atoms with E-state index in [4.69, 9.17) is 4.74 Å². The molecule has 2 aromatic heterocycles. The number of ether oxygens (including phenoxy) is 1. The van der Waals surface area contributed by atoms with Gasteiger partial charge in [-0.2, -0.15) is 0 Å². The molecule has 0 unspecified atom stereocenters. The van der Waals surface area contributed by atoms with Crippen molar-refractivity contribution in [2.75, 3.05) is 12.4 Å². The Morgan fingerprint density at radius 1 is 1.13 bits per heavy atom. The van der Waals surface area contributed by atoms with Gasteiger partial charge in [0.2, 0.25) is 0 Å². The van der Waals surface area contributed by atoms with Crippen molar-refractivity contribution >= 4 is 27.9 Å². The maximum absolute atomic E-state index is 13.3. The number of aryl methyl sites for hydroxylation is 2. The van der Waals surface area contributed by atoms with Crippen LogP contribution in [0.15, 0.2) is 58.8 Å². The second kappa shape index (κ2) is 8.73. The number of carbonyl (C=O) groups is 1. The van der Waals surface area contributed by atoms with Gasteiger partial charge in [0.1, 0.15) is 11.3 Å². The monoisotopic (exact) mass is 433 g/mol. The van der Waals surface area contributed by atoms with Gasteiger partial charge in [-0.3, -0.25) is 14.0 Å². The summed E-state index contributed by atoms with van der Waals surface area (Å²) < 4.78 is 6.79. The number of carbonyl (C=O) groups excluding carboxylic acids is 1. The number of methoxy groups -OCH3 is 1. The maximum atomic E-state index is 13.3. The van der Waals surface area contributed by atoms with Crippen molar-refractivity contribution in [1.82, 2.24) is 9.38 Å². The van der Waals surface area contributed by atoms with Crippen LogP contribution < -0.4 is 15.6 Å². The van der Waals surface area contributed by atoms with Crippen molar-refractivity contribution in [3.63, 3.8) is 0 Å². The summed E-state index contributed by atoms with van der Waals surface area (Å²) in [6.07, 6.45) is 2.92. The molecule has 0 fully saturated rings. The topological polar surface area (TPSA) is 72.7 Å². The summed E-state index contributed by atoms with van der Waals surface area (Å²) in [7, 11) is 1.60. The molecule has 4 rings (SSSR count). The molecule has 0 aliphatic rings. The summed E-state index contributed by atoms with van der Waals surface area (Å²) in [5.74, 6) is 0.236. The summed E-state index contributed by atoms with van der Waals surface area (Å²) in [4.78, 5) is 31.3. The van der Waals surface area contributed by atoms with Gasteiger partial charge in [0.05, 0.1) is 12.8 Å². The van der Waals surface area contributed by atoms with E-state index in [1.807, 2.05) is 61.7 Å². The minimum atomic E-state index is -0.453. The molecule has 0 saturated heterocycles. The SMILES string of the molecule is CCc1cccc(CC)c1NC(=O)c1cnc2scc(-c3cccc(OC)c3)n2c1=O. The van der Waals surface area contributed by atoms with Crippen molar-refractivity contribution in [3.05, 3.63) is 81.1 Å². The molecule has 31 heavy (non-hydrogen) atoms. The summed E-state index contributed by atoms with van der Waals surface area (Å²) in [5, 5.41) is 4.83. The first-order valence-electron chi connectivity index (χ1n) is 10.1. The number of aromatic nitrogens is 2. The molecule has 2 aromatic carbocycles. The Balaban J connectivity index is 1.79. The van der Waals surface area contributed by atoms with Crippen LogP contribution >= 0.6 is 11.3 Å². The molecule has 7 heteroatoms. The molecular weight excluding hydrogens is 410 g/mol. The predicted molar refractivity (Wildman–Crippen MR) is 124 cm³/mol. The molecule has 1 N–H and O–H groups in total. The molecule has 0 atom stereocenters. The van der Waals surface area contributed by atoms with Crippen molar-refractivity contribution in [3.8, 4) is 17.0 Å². The third-order valence-corrected chi connectivity index (χ3v) is 6.13. The number of thiazole rings is 1. The minimum Gasteiger partial charge on any atom is -0.497 e. The second-order valence-corrected chi connectivity index (χ2v) is 7.90. The fourth-order valence-corrected chi connectivity index (χ4v) is 4.47. The minimum absolute atomic E-state index is 0.00741. The molecule has 0 bridgehead atoms. The quantitative estimate of drug-likeness (QED) is 0.474. The summed E-state index contributed by atoms with van der Waals surface area (Å²) in [6, 6.07) is 13.4. The van der Waals surface area contributed by atoms with Crippen LogP contribution in [0.5, 0.6) is 5.75 Å². The molecule has 0 aliphatic heterocycles. The Bertz CT molecular complexity index is 1300. The Morgan fingerprint density at radius 3 is 2.52 bits per heavy atom. The smallest absolute Gasteiger partial charge is 0.271 e. The first-order chi connectivity index (χ1) is 15.1. The molecule has 0 aliphatic carbocycles. The van der Waals surface area contributed by atoms with E-state index in [2.05, 4.69) is 10.3 Å². The molecule has 158 valence electrons. The van der Waals surface area contributed by atoms with E-state index in [-0.39, 0.29) is 5.56 Å². The van der Waals surface area contributed by atoms with E-state index >= 15 is 0 Å². The lowest BCUT2D eigenvalue weighted by Crippen LogP contribution is -2.27. The maximum Gasteiger partial charge on any atom is 0.271 e. The number of benzene rings is 2. The number of rotatable bonds is 6. The van der Waals surface area contributed by atoms with E-state index in [0.717, 1.165) is 35.2 Å². The fraction of sp³-hybridized carbons (Fsp3) is 0.208. The number of hydrogen-bond acceptors (Lipinski definition) is 5. The Kier molecular flexibility index (Phi) is 5.86. The Morgan fingerprint density at radius 2 is 1.84 bits per heavy atom. The molecule has 0 spiro atoms. The van der Waals surface area contributed by atoms with Gasteiger partial charge >= 0.3 is 0 Å². The highest BCUT2D eigenvalue weighted by atomic mass is 32.1. The lowest BCUT2D eigenvalue weighted by Gasteiger charge is -2.14. The van der Waals surface area contributed by atoms with Crippen molar-refractivity contribution in [2.45, 2.75) is 26.7 Å². The largest absolute Gasteiger partial charge is 0.497 e. The third-order valence-electron chi connectivity index (χ3n) is 5.29. The highest BCUT2D eigenvalue weighted by Crippen LogP contribution is 2.27. The fourth-order valence-electron chi connectivity index (χ4n) is 3.62. The summed E-state index contributed by atoms with van der Waals surface area (Å²) in [6.45, 7) is 4.08. The molecule has 0 saturated carbocycles. The molecule has 4 aromatic rings. The average Bonchev–Trinajstić information content (AvgIpc) is 3.24. The van der Waals surface area contributed by atoms with Crippen LogP contribution in [0.25, 0.3) is 16.2 Å². The van der Waals surface area contributed by atoms with Gasteiger partial charge in [-0.15, -0.1) is 11.3 Å². The van der Waals surface area contributed by atoms with E-state index in [1.165, 1.54) is 21.9 Å². The highest BCUT2D eigenvalue weighted by Gasteiger charge is 2.19. The van der Waals surface area contributed by atoms with Crippen molar-refractivity contribution < 1.29 is 9.53 Å². The molecular formula is C24H23N3O3S. The molecule has 2 heterocycles. The predicted octanol–water partition coefficient (Wildman–Crippen LogP) is 4.81. The number of amides is 1. The first-order valence-corrected chi connectivity index (χ1v) is 11.0.